The molecule has 0 amide bonds. The summed E-state index contributed by atoms with van der Waals surface area (Å²) in [6, 6.07) is 1.96. The van der Waals surface area contributed by atoms with Crippen molar-refractivity contribution in [1.82, 2.24) is 9.78 Å². The molecule has 1 aliphatic carbocycles. The lowest BCUT2D eigenvalue weighted by atomic mass is 9.87. The van der Waals surface area contributed by atoms with Crippen molar-refractivity contribution in [1.29, 1.82) is 0 Å². The van der Waals surface area contributed by atoms with E-state index in [1.165, 1.54) is 32.1 Å². The average molecular weight is 222 g/mol. The van der Waals surface area contributed by atoms with Gasteiger partial charge in [-0.1, -0.05) is 19.3 Å². The second-order valence-electron chi connectivity index (χ2n) is 4.59. The third kappa shape index (κ3) is 2.43. The molecule has 4 nitrogen and oxygen atoms in total. The lowest BCUT2D eigenvalue weighted by Gasteiger charge is -2.19. The molecule has 16 heavy (non-hydrogen) atoms. The Morgan fingerprint density at radius 1 is 1.50 bits per heavy atom. The molecule has 0 aromatic carbocycles. The Balaban J connectivity index is 2.12. The lowest BCUT2D eigenvalue weighted by molar-refractivity contribution is -0.136. The predicted octanol–water partition coefficient (Wildman–Crippen LogP) is 2.09. The van der Waals surface area contributed by atoms with Gasteiger partial charge in [0.25, 0.3) is 0 Å². The number of aromatic nitrogens is 2. The molecule has 88 valence electrons. The largest absolute Gasteiger partial charge is 0.481 e. The van der Waals surface area contributed by atoms with Gasteiger partial charge in [-0.3, -0.25) is 9.48 Å². The molecule has 2 rings (SSSR count). The maximum Gasteiger partial charge on any atom is 0.309 e. The van der Waals surface area contributed by atoms with Gasteiger partial charge in [0.15, 0.2) is 0 Å². The van der Waals surface area contributed by atoms with Crippen LogP contribution in [0.2, 0.25) is 0 Å². The number of carboxylic acids is 1. The SMILES string of the molecule is Cn1nc(C2CCCCC2)cc1CC(=O)O. The maximum absolute atomic E-state index is 10.7. The lowest BCUT2D eigenvalue weighted by Crippen LogP contribution is -2.06. The first-order valence-corrected chi connectivity index (χ1v) is 5.91. The summed E-state index contributed by atoms with van der Waals surface area (Å²) in [5.41, 5.74) is 1.88. The van der Waals surface area contributed by atoms with E-state index in [9.17, 15) is 4.79 Å². The van der Waals surface area contributed by atoms with Crippen LogP contribution >= 0.6 is 0 Å². The molecule has 1 saturated carbocycles. The van der Waals surface area contributed by atoms with Crippen LogP contribution in [0.15, 0.2) is 6.07 Å². The van der Waals surface area contributed by atoms with Gasteiger partial charge in [-0.2, -0.15) is 5.10 Å². The summed E-state index contributed by atoms with van der Waals surface area (Å²) in [6.45, 7) is 0. The Labute approximate surface area is 95.3 Å². The highest BCUT2D eigenvalue weighted by molar-refractivity contribution is 5.69. The minimum absolute atomic E-state index is 0.0657. The smallest absolute Gasteiger partial charge is 0.309 e. The van der Waals surface area contributed by atoms with E-state index in [1.807, 2.05) is 13.1 Å². The number of hydrogen-bond donors (Lipinski definition) is 1. The predicted molar refractivity (Wildman–Crippen MR) is 60.4 cm³/mol. The van der Waals surface area contributed by atoms with Gasteiger partial charge in [0, 0.05) is 18.7 Å². The summed E-state index contributed by atoms with van der Waals surface area (Å²) < 4.78 is 1.71. The first kappa shape index (κ1) is 11.2. The van der Waals surface area contributed by atoms with Gasteiger partial charge in [0.2, 0.25) is 0 Å². The standard InChI is InChI=1S/C12H18N2O2/c1-14-10(8-12(15)16)7-11(13-14)9-5-3-2-4-6-9/h7,9H,2-6,8H2,1H3,(H,15,16). The zero-order valence-electron chi connectivity index (χ0n) is 9.65. The van der Waals surface area contributed by atoms with Crippen molar-refractivity contribution in [2.24, 2.45) is 7.05 Å². The van der Waals surface area contributed by atoms with Crippen LogP contribution in [-0.2, 0) is 18.3 Å². The summed E-state index contributed by atoms with van der Waals surface area (Å²) in [4.78, 5) is 10.7. The molecular formula is C12H18N2O2. The third-order valence-electron chi connectivity index (χ3n) is 3.35. The molecule has 1 fully saturated rings. The van der Waals surface area contributed by atoms with Crippen molar-refractivity contribution in [3.05, 3.63) is 17.5 Å². The zero-order chi connectivity index (χ0) is 11.5. The highest BCUT2D eigenvalue weighted by atomic mass is 16.4. The molecule has 1 aliphatic rings. The van der Waals surface area contributed by atoms with Crippen molar-refractivity contribution in [3.8, 4) is 0 Å². The summed E-state index contributed by atoms with van der Waals surface area (Å²) >= 11 is 0. The van der Waals surface area contributed by atoms with Crippen molar-refractivity contribution >= 4 is 5.97 Å². The first-order valence-electron chi connectivity index (χ1n) is 5.91. The molecule has 0 spiro atoms. The van der Waals surface area contributed by atoms with Crippen molar-refractivity contribution < 1.29 is 9.90 Å². The number of carbonyl (C=O) groups is 1. The summed E-state index contributed by atoms with van der Waals surface area (Å²) in [6.07, 6.45) is 6.33. The Morgan fingerprint density at radius 2 is 2.19 bits per heavy atom. The van der Waals surface area contributed by atoms with Crippen LogP contribution < -0.4 is 0 Å². The molecule has 4 heteroatoms. The highest BCUT2D eigenvalue weighted by Crippen LogP contribution is 2.31. The van der Waals surface area contributed by atoms with Crippen LogP contribution in [0, 0.1) is 0 Å². The quantitative estimate of drug-likeness (QED) is 0.852. The molecule has 1 N–H and O–H groups in total. The monoisotopic (exact) mass is 222 g/mol. The molecule has 0 unspecified atom stereocenters. The van der Waals surface area contributed by atoms with Gasteiger partial charge in [0.1, 0.15) is 0 Å². The zero-order valence-corrected chi connectivity index (χ0v) is 9.65. The van der Waals surface area contributed by atoms with Crippen LogP contribution in [-0.4, -0.2) is 20.9 Å². The van der Waals surface area contributed by atoms with Crippen LogP contribution in [0.3, 0.4) is 0 Å². The van der Waals surface area contributed by atoms with Crippen LogP contribution in [0.25, 0.3) is 0 Å². The van der Waals surface area contributed by atoms with Gasteiger partial charge in [-0.05, 0) is 18.9 Å². The number of carboxylic acid groups (broad SMARTS) is 1. The van der Waals surface area contributed by atoms with Crippen molar-refractivity contribution in [3.63, 3.8) is 0 Å². The number of hydrogen-bond acceptors (Lipinski definition) is 2. The third-order valence-corrected chi connectivity index (χ3v) is 3.35. The Kier molecular flexibility index (Phi) is 3.27. The van der Waals surface area contributed by atoms with Gasteiger partial charge < -0.3 is 5.11 Å². The summed E-state index contributed by atoms with van der Waals surface area (Å²) in [5, 5.41) is 13.2. The van der Waals surface area contributed by atoms with Gasteiger partial charge in [0.05, 0.1) is 12.1 Å². The maximum atomic E-state index is 10.7. The number of rotatable bonds is 3. The molecule has 1 heterocycles. The second kappa shape index (κ2) is 4.68. The van der Waals surface area contributed by atoms with Crippen LogP contribution in [0.4, 0.5) is 0 Å². The van der Waals surface area contributed by atoms with E-state index in [-0.39, 0.29) is 6.42 Å². The van der Waals surface area contributed by atoms with E-state index in [0.29, 0.717) is 5.92 Å². The van der Waals surface area contributed by atoms with E-state index in [0.717, 1.165) is 11.4 Å². The minimum atomic E-state index is -0.793. The first-order chi connectivity index (χ1) is 7.66. The number of aliphatic carboxylic acids is 1. The summed E-state index contributed by atoms with van der Waals surface area (Å²) in [5.74, 6) is -0.249. The Morgan fingerprint density at radius 3 is 2.81 bits per heavy atom. The van der Waals surface area contributed by atoms with E-state index < -0.39 is 5.97 Å². The van der Waals surface area contributed by atoms with Crippen molar-refractivity contribution in [2.45, 2.75) is 44.4 Å². The normalized spacial score (nSPS) is 17.6. The Hall–Kier alpha value is -1.32. The van der Waals surface area contributed by atoms with Gasteiger partial charge >= 0.3 is 5.97 Å². The molecule has 0 atom stereocenters. The van der Waals surface area contributed by atoms with Crippen molar-refractivity contribution in [2.75, 3.05) is 0 Å². The fourth-order valence-corrected chi connectivity index (χ4v) is 2.45. The number of aryl methyl sites for hydroxylation is 1. The molecule has 0 saturated heterocycles. The van der Waals surface area contributed by atoms with Gasteiger partial charge in [-0.15, -0.1) is 0 Å². The topological polar surface area (TPSA) is 55.1 Å². The van der Waals surface area contributed by atoms with Crippen LogP contribution in [0.5, 0.6) is 0 Å². The van der Waals surface area contributed by atoms with E-state index in [4.69, 9.17) is 5.11 Å². The molecule has 1 aromatic rings. The fraction of sp³-hybridized carbons (Fsp3) is 0.667. The number of nitrogens with zero attached hydrogens (tertiary/aromatic N) is 2. The van der Waals surface area contributed by atoms with Crippen LogP contribution in [0.1, 0.15) is 49.4 Å². The summed E-state index contributed by atoms with van der Waals surface area (Å²) in [7, 11) is 1.82. The minimum Gasteiger partial charge on any atom is -0.481 e. The van der Waals surface area contributed by atoms with E-state index >= 15 is 0 Å². The molecule has 1 aromatic heterocycles. The molecule has 0 bridgehead atoms. The van der Waals surface area contributed by atoms with E-state index in [2.05, 4.69) is 5.10 Å². The molecule has 0 radical (unpaired) electrons. The molecule has 0 aliphatic heterocycles. The highest BCUT2D eigenvalue weighted by Gasteiger charge is 2.19. The average Bonchev–Trinajstić information content (AvgIpc) is 2.61. The van der Waals surface area contributed by atoms with Gasteiger partial charge in [-0.25, -0.2) is 0 Å². The fourth-order valence-electron chi connectivity index (χ4n) is 2.45. The Bertz CT molecular complexity index is 378. The van der Waals surface area contributed by atoms with E-state index in [1.54, 1.807) is 4.68 Å². The second-order valence-corrected chi connectivity index (χ2v) is 4.59. The molecular weight excluding hydrogens is 204 g/mol.